The van der Waals surface area contributed by atoms with Crippen molar-refractivity contribution in [3.05, 3.63) is 123 Å². The van der Waals surface area contributed by atoms with E-state index >= 15 is 0 Å². The summed E-state index contributed by atoms with van der Waals surface area (Å²) >= 11 is 1.13. The number of likely N-dealkylation sites (tertiary alicyclic amines) is 1. The Balaban J connectivity index is 1.06. The fourth-order valence-corrected chi connectivity index (χ4v) is 7.28. The molecule has 1 unspecified atom stereocenters. The largest absolute Gasteiger partial charge is 0.457 e. The van der Waals surface area contributed by atoms with Gasteiger partial charge < -0.3 is 20.9 Å². The van der Waals surface area contributed by atoms with E-state index in [9.17, 15) is 23.5 Å². The second-order valence-electron chi connectivity index (χ2n) is 12.6. The maximum atomic E-state index is 14.9. The van der Waals surface area contributed by atoms with Gasteiger partial charge in [-0.1, -0.05) is 30.3 Å². The number of nitrogen functional groups attached to an aromatic ring is 1. The number of benzene rings is 3. The number of rotatable bonds is 10. The Morgan fingerprint density at radius 1 is 1.08 bits per heavy atom. The lowest BCUT2D eigenvalue weighted by Crippen LogP contribution is -2.50. The third kappa shape index (κ3) is 7.22. The summed E-state index contributed by atoms with van der Waals surface area (Å²) in [5, 5.41) is 18.9. The number of nitrogens with two attached hydrogens (primary N) is 1. The summed E-state index contributed by atoms with van der Waals surface area (Å²) in [6.07, 6.45) is 3.86. The van der Waals surface area contributed by atoms with Crippen molar-refractivity contribution >= 4 is 33.4 Å². The second kappa shape index (κ2) is 14.0. The first-order chi connectivity index (χ1) is 24.6. The number of carbonyl (C=O) groups is 1. The monoisotopic (exact) mass is 712 g/mol. The number of β-amino-alcohol motifs (C(OH)–C–C–N with tert-alkyl or cyclic N) is 1. The van der Waals surface area contributed by atoms with E-state index in [1.807, 2.05) is 48.2 Å². The molecule has 7 rings (SSSR count). The molecule has 3 aromatic carbocycles. The molecule has 1 saturated heterocycles. The number of fused-ring (bicyclic) bond motifs is 1. The number of para-hydroxylation sites is 1. The van der Waals surface area contributed by atoms with Gasteiger partial charge in [0.1, 0.15) is 46.2 Å². The lowest BCUT2D eigenvalue weighted by atomic mass is 9.91. The molecule has 1 amide bonds. The van der Waals surface area contributed by atoms with Crippen LogP contribution in [0.2, 0.25) is 0 Å². The van der Waals surface area contributed by atoms with Crippen LogP contribution in [0, 0.1) is 18.6 Å². The quantitative estimate of drug-likeness (QED) is 0.182. The van der Waals surface area contributed by atoms with Crippen LogP contribution in [0.1, 0.15) is 33.6 Å². The van der Waals surface area contributed by atoms with Crippen LogP contribution in [0.5, 0.6) is 11.5 Å². The summed E-state index contributed by atoms with van der Waals surface area (Å²) in [6, 6.07) is 19.3. The SMILES string of the molecule is Cc1ccc(-n2c(=O)c(N)nc3sc(C(=O)NC4CCN(CC(O)(Cn5cncn5)c5ccc(F)cc5F)CC4)cc32)cc1Oc1ccccc1. The molecule has 1 atom stereocenters. The molecule has 4 N–H and O–H groups in total. The highest BCUT2D eigenvalue weighted by Gasteiger charge is 2.37. The van der Waals surface area contributed by atoms with E-state index in [-0.39, 0.29) is 36.4 Å². The van der Waals surface area contributed by atoms with Crippen molar-refractivity contribution in [1.82, 2.24) is 34.5 Å². The molecule has 1 fully saturated rings. The standard InChI is InChI=1S/C36H34F2N8O4S/c1-22-7-9-25(16-30(22)50-26-5-3-2-4-6-26)46-29-17-31(51-34(29)43-32(39)35(46)48)33(47)42-24-11-13-44(14-12-24)18-36(49,19-45-21-40-20-41-45)27-10-8-23(37)15-28(27)38/h2-10,15-17,20-21,24,49H,11-14,18-19H2,1H3,(H2,39,43)(H,42,47). The normalized spacial score (nSPS) is 15.1. The Morgan fingerprint density at radius 3 is 2.59 bits per heavy atom. The molecule has 0 saturated carbocycles. The number of hydrogen-bond donors (Lipinski definition) is 3. The van der Waals surface area contributed by atoms with E-state index in [1.165, 1.54) is 28.0 Å². The van der Waals surface area contributed by atoms with E-state index in [0.717, 1.165) is 29.0 Å². The number of thiophene rings is 1. The number of piperidine rings is 1. The molecule has 6 aromatic rings. The fraction of sp³-hybridized carbons (Fsp3) is 0.250. The zero-order valence-electron chi connectivity index (χ0n) is 27.5. The molecule has 12 nitrogen and oxygen atoms in total. The highest BCUT2D eigenvalue weighted by molar-refractivity contribution is 7.20. The zero-order valence-corrected chi connectivity index (χ0v) is 28.3. The molecule has 3 aromatic heterocycles. The van der Waals surface area contributed by atoms with Crippen LogP contribution in [0.4, 0.5) is 14.6 Å². The van der Waals surface area contributed by atoms with Gasteiger partial charge in [-0.2, -0.15) is 5.10 Å². The topological polar surface area (TPSA) is 153 Å². The van der Waals surface area contributed by atoms with Crippen molar-refractivity contribution < 1.29 is 23.4 Å². The van der Waals surface area contributed by atoms with E-state index in [0.29, 0.717) is 58.3 Å². The van der Waals surface area contributed by atoms with Crippen molar-refractivity contribution in [2.24, 2.45) is 0 Å². The first kappa shape index (κ1) is 34.0. The Labute approximate surface area is 294 Å². The van der Waals surface area contributed by atoms with Crippen LogP contribution in [0.25, 0.3) is 16.0 Å². The van der Waals surface area contributed by atoms with Gasteiger partial charge in [-0.15, -0.1) is 11.3 Å². The molecule has 51 heavy (non-hydrogen) atoms. The molecule has 15 heteroatoms. The molecule has 1 aliphatic rings. The average molecular weight is 713 g/mol. The first-order valence-corrected chi connectivity index (χ1v) is 17.1. The number of aliphatic hydroxyl groups is 1. The van der Waals surface area contributed by atoms with Gasteiger partial charge in [0.15, 0.2) is 5.82 Å². The van der Waals surface area contributed by atoms with Crippen molar-refractivity contribution in [3.8, 4) is 17.2 Å². The van der Waals surface area contributed by atoms with E-state index in [1.54, 1.807) is 18.2 Å². The summed E-state index contributed by atoms with van der Waals surface area (Å²) < 4.78 is 37.5. The van der Waals surface area contributed by atoms with Crippen LogP contribution in [-0.2, 0) is 12.1 Å². The van der Waals surface area contributed by atoms with Gasteiger partial charge in [-0.05, 0) is 55.7 Å². The lowest BCUT2D eigenvalue weighted by Gasteiger charge is -2.38. The minimum absolute atomic E-state index is 0.0436. The Kier molecular flexibility index (Phi) is 9.33. The number of nitrogens with zero attached hydrogens (tertiary/aromatic N) is 6. The summed E-state index contributed by atoms with van der Waals surface area (Å²) in [6.45, 7) is 2.86. The number of nitrogens with one attached hydrogen (secondary N) is 1. The lowest BCUT2D eigenvalue weighted by molar-refractivity contribution is -0.0271. The number of halogens is 2. The van der Waals surface area contributed by atoms with Gasteiger partial charge in [-0.25, -0.2) is 23.4 Å². The van der Waals surface area contributed by atoms with Crippen molar-refractivity contribution in [2.45, 2.75) is 38.0 Å². The van der Waals surface area contributed by atoms with Crippen LogP contribution >= 0.6 is 11.3 Å². The minimum Gasteiger partial charge on any atom is -0.457 e. The number of hydrogen-bond acceptors (Lipinski definition) is 10. The Bertz CT molecular complexity index is 2260. The van der Waals surface area contributed by atoms with Crippen molar-refractivity contribution in [2.75, 3.05) is 25.4 Å². The van der Waals surface area contributed by atoms with Gasteiger partial charge in [-0.3, -0.25) is 19.1 Å². The second-order valence-corrected chi connectivity index (χ2v) is 13.6. The summed E-state index contributed by atoms with van der Waals surface area (Å²) in [4.78, 5) is 37.8. The predicted octanol–water partition coefficient (Wildman–Crippen LogP) is 4.78. The number of amides is 1. The number of aryl methyl sites for hydroxylation is 1. The van der Waals surface area contributed by atoms with Crippen LogP contribution in [0.3, 0.4) is 0 Å². The number of carbonyl (C=O) groups excluding carboxylic acids is 1. The summed E-state index contributed by atoms with van der Waals surface area (Å²) in [7, 11) is 0. The Morgan fingerprint density at radius 2 is 1.86 bits per heavy atom. The third-order valence-corrected chi connectivity index (χ3v) is 9.95. The average Bonchev–Trinajstić information content (AvgIpc) is 3.78. The highest BCUT2D eigenvalue weighted by atomic mass is 32.1. The van der Waals surface area contributed by atoms with Gasteiger partial charge in [0, 0.05) is 43.4 Å². The van der Waals surface area contributed by atoms with Crippen LogP contribution in [0.15, 0.2) is 90.2 Å². The summed E-state index contributed by atoms with van der Waals surface area (Å²) in [5.74, 6) is -0.897. The van der Waals surface area contributed by atoms with Crippen LogP contribution in [-0.4, -0.2) is 65.9 Å². The zero-order chi connectivity index (χ0) is 35.7. The molecule has 1 aliphatic heterocycles. The fourth-order valence-electron chi connectivity index (χ4n) is 6.35. The number of ether oxygens (including phenoxy) is 1. The Hall–Kier alpha value is -5.51. The van der Waals surface area contributed by atoms with Gasteiger partial charge in [0.25, 0.3) is 11.5 Å². The molecule has 0 spiro atoms. The smallest absolute Gasteiger partial charge is 0.298 e. The van der Waals surface area contributed by atoms with Crippen molar-refractivity contribution in [1.29, 1.82) is 0 Å². The number of aromatic nitrogens is 5. The van der Waals surface area contributed by atoms with Gasteiger partial charge in [0.05, 0.1) is 22.6 Å². The molecular formula is C36H34F2N8O4S. The van der Waals surface area contributed by atoms with E-state index < -0.39 is 22.8 Å². The highest BCUT2D eigenvalue weighted by Crippen LogP contribution is 2.32. The van der Waals surface area contributed by atoms with E-state index in [2.05, 4.69) is 20.4 Å². The molecule has 0 aliphatic carbocycles. The van der Waals surface area contributed by atoms with Crippen molar-refractivity contribution in [3.63, 3.8) is 0 Å². The van der Waals surface area contributed by atoms with Gasteiger partial charge in [0.2, 0.25) is 0 Å². The van der Waals surface area contributed by atoms with Crippen LogP contribution < -0.4 is 21.3 Å². The molecule has 262 valence electrons. The van der Waals surface area contributed by atoms with E-state index in [4.69, 9.17) is 10.5 Å². The molecular weight excluding hydrogens is 679 g/mol. The molecule has 0 radical (unpaired) electrons. The maximum absolute atomic E-state index is 14.9. The first-order valence-electron chi connectivity index (χ1n) is 16.3. The number of anilines is 1. The molecule has 4 heterocycles. The van der Waals surface area contributed by atoms with Gasteiger partial charge >= 0.3 is 0 Å². The molecule has 0 bridgehead atoms. The maximum Gasteiger partial charge on any atom is 0.298 e. The predicted molar refractivity (Wildman–Crippen MR) is 188 cm³/mol. The minimum atomic E-state index is -1.73. The third-order valence-electron chi connectivity index (χ3n) is 8.93. The summed E-state index contributed by atoms with van der Waals surface area (Å²) in [5.41, 5.74) is 5.59.